The van der Waals surface area contributed by atoms with Crippen molar-refractivity contribution in [3.63, 3.8) is 0 Å². The van der Waals surface area contributed by atoms with Crippen LogP contribution in [-0.2, 0) is 27.8 Å². The zero-order valence-corrected chi connectivity index (χ0v) is 23.0. The second-order valence-corrected chi connectivity index (χ2v) is 11.8. The molecule has 0 spiro atoms. The molecule has 3 rings (SSSR count). The SMILES string of the molecule is CCS(=O)(=O)NC(C(=O)NCCc1ccc(OCc2ccc(Cl)c(Cl)c2)c(OC)c1)C1CCCCC1. The van der Waals surface area contributed by atoms with Crippen LogP contribution in [-0.4, -0.2) is 39.8 Å². The van der Waals surface area contributed by atoms with Crippen LogP contribution in [0.1, 0.15) is 50.2 Å². The van der Waals surface area contributed by atoms with Crippen LogP contribution in [0.4, 0.5) is 0 Å². The van der Waals surface area contributed by atoms with Gasteiger partial charge in [0.2, 0.25) is 15.9 Å². The Bertz CT molecular complexity index is 1140. The zero-order chi connectivity index (χ0) is 26.1. The Kier molecular flexibility index (Phi) is 10.7. The molecule has 1 atom stereocenters. The first-order chi connectivity index (χ1) is 17.2. The maximum Gasteiger partial charge on any atom is 0.238 e. The fourth-order valence-corrected chi connectivity index (χ4v) is 5.50. The summed E-state index contributed by atoms with van der Waals surface area (Å²) in [5.41, 5.74) is 1.84. The van der Waals surface area contributed by atoms with Crippen LogP contribution in [0.15, 0.2) is 36.4 Å². The van der Waals surface area contributed by atoms with Crippen molar-refractivity contribution in [1.82, 2.24) is 10.0 Å². The van der Waals surface area contributed by atoms with Crippen LogP contribution < -0.4 is 19.5 Å². The van der Waals surface area contributed by atoms with Crippen LogP contribution >= 0.6 is 23.2 Å². The van der Waals surface area contributed by atoms with Gasteiger partial charge in [0, 0.05) is 6.54 Å². The van der Waals surface area contributed by atoms with Crippen LogP contribution in [0.25, 0.3) is 0 Å². The highest BCUT2D eigenvalue weighted by molar-refractivity contribution is 7.89. The Morgan fingerprint density at radius 2 is 1.75 bits per heavy atom. The molecular formula is C26H34Cl2N2O5S. The van der Waals surface area contributed by atoms with Crippen LogP contribution in [0.5, 0.6) is 11.5 Å². The molecule has 0 aliphatic heterocycles. The number of hydrogen-bond acceptors (Lipinski definition) is 5. The van der Waals surface area contributed by atoms with Gasteiger partial charge in [-0.15, -0.1) is 0 Å². The van der Waals surface area contributed by atoms with Gasteiger partial charge in [0.15, 0.2) is 11.5 Å². The van der Waals surface area contributed by atoms with E-state index in [1.807, 2.05) is 24.3 Å². The summed E-state index contributed by atoms with van der Waals surface area (Å²) in [4.78, 5) is 13.0. The lowest BCUT2D eigenvalue weighted by molar-refractivity contribution is -0.124. The molecule has 0 bridgehead atoms. The van der Waals surface area contributed by atoms with E-state index in [4.69, 9.17) is 32.7 Å². The molecule has 2 aromatic rings. The fraction of sp³-hybridized carbons (Fsp3) is 0.500. The minimum absolute atomic E-state index is 0.0205. The summed E-state index contributed by atoms with van der Waals surface area (Å²) >= 11 is 12.0. The van der Waals surface area contributed by atoms with Gasteiger partial charge in [-0.05, 0) is 67.5 Å². The highest BCUT2D eigenvalue weighted by Gasteiger charge is 2.32. The van der Waals surface area contributed by atoms with E-state index in [0.29, 0.717) is 41.1 Å². The maximum absolute atomic E-state index is 13.0. The molecule has 1 aliphatic carbocycles. The Hall–Kier alpha value is -2.00. The predicted octanol–water partition coefficient (Wildman–Crippen LogP) is 5.13. The van der Waals surface area contributed by atoms with Gasteiger partial charge in [0.1, 0.15) is 12.6 Å². The molecule has 1 fully saturated rings. The van der Waals surface area contributed by atoms with E-state index in [0.717, 1.165) is 43.2 Å². The van der Waals surface area contributed by atoms with Crippen molar-refractivity contribution < 1.29 is 22.7 Å². The average molecular weight is 558 g/mol. The number of ether oxygens (including phenoxy) is 2. The molecule has 198 valence electrons. The van der Waals surface area contributed by atoms with Crippen molar-refractivity contribution in [2.45, 2.75) is 58.1 Å². The number of rotatable bonds is 12. The van der Waals surface area contributed by atoms with Gasteiger partial charge >= 0.3 is 0 Å². The van der Waals surface area contributed by atoms with Gasteiger partial charge in [-0.2, -0.15) is 0 Å². The number of sulfonamides is 1. The van der Waals surface area contributed by atoms with Gasteiger partial charge < -0.3 is 14.8 Å². The minimum atomic E-state index is -3.49. The molecule has 2 aromatic carbocycles. The number of nitrogens with one attached hydrogen (secondary N) is 2. The topological polar surface area (TPSA) is 93.7 Å². The lowest BCUT2D eigenvalue weighted by Crippen LogP contribution is -2.51. The summed E-state index contributed by atoms with van der Waals surface area (Å²) in [5.74, 6) is 0.861. The van der Waals surface area contributed by atoms with E-state index >= 15 is 0 Å². The van der Waals surface area contributed by atoms with Crippen molar-refractivity contribution in [2.24, 2.45) is 5.92 Å². The number of halogens is 2. The van der Waals surface area contributed by atoms with Crippen molar-refractivity contribution in [3.8, 4) is 11.5 Å². The molecule has 0 saturated heterocycles. The van der Waals surface area contributed by atoms with Gasteiger partial charge in [0.25, 0.3) is 0 Å². The summed E-state index contributed by atoms with van der Waals surface area (Å²) in [6.07, 6.45) is 5.42. The second kappa shape index (κ2) is 13.5. The van der Waals surface area contributed by atoms with Crippen molar-refractivity contribution in [3.05, 3.63) is 57.6 Å². The Morgan fingerprint density at radius 3 is 2.42 bits per heavy atom. The van der Waals surface area contributed by atoms with Crippen molar-refractivity contribution >= 4 is 39.1 Å². The molecular weight excluding hydrogens is 523 g/mol. The summed E-state index contributed by atoms with van der Waals surface area (Å²) in [5, 5.41) is 3.88. The van der Waals surface area contributed by atoms with E-state index in [-0.39, 0.29) is 17.6 Å². The van der Waals surface area contributed by atoms with E-state index < -0.39 is 16.1 Å². The largest absolute Gasteiger partial charge is 0.493 e. The predicted molar refractivity (Wildman–Crippen MR) is 143 cm³/mol. The lowest BCUT2D eigenvalue weighted by Gasteiger charge is -2.29. The number of carbonyl (C=O) groups is 1. The average Bonchev–Trinajstić information content (AvgIpc) is 2.88. The van der Waals surface area contributed by atoms with Gasteiger partial charge in [-0.3, -0.25) is 4.79 Å². The number of carbonyl (C=O) groups excluding carboxylic acids is 1. The van der Waals surface area contributed by atoms with E-state index in [9.17, 15) is 13.2 Å². The number of benzene rings is 2. The second-order valence-electron chi connectivity index (χ2n) is 8.96. The number of amides is 1. The first kappa shape index (κ1) is 28.6. The van der Waals surface area contributed by atoms with Gasteiger partial charge in [-0.1, -0.05) is 54.6 Å². The molecule has 1 aliphatic rings. The molecule has 1 amide bonds. The van der Waals surface area contributed by atoms with Crippen LogP contribution in [0.2, 0.25) is 10.0 Å². The molecule has 0 aromatic heterocycles. The summed E-state index contributed by atoms with van der Waals surface area (Å²) in [6.45, 7) is 2.25. The molecule has 2 N–H and O–H groups in total. The standard InChI is InChI=1S/C26H34Cl2N2O5S/c1-3-36(32,33)30-25(20-7-5-4-6-8-20)26(31)29-14-13-18-10-12-23(24(16-18)34-2)35-17-19-9-11-21(27)22(28)15-19/h9-12,15-16,20,25,30H,3-8,13-14,17H2,1-2H3,(H,29,31). The molecule has 0 radical (unpaired) electrons. The third-order valence-corrected chi connectivity index (χ3v) is 8.52. The quantitative estimate of drug-likeness (QED) is 0.378. The zero-order valence-electron chi connectivity index (χ0n) is 20.7. The smallest absolute Gasteiger partial charge is 0.238 e. The van der Waals surface area contributed by atoms with Crippen molar-refractivity contribution in [2.75, 3.05) is 19.4 Å². The first-order valence-electron chi connectivity index (χ1n) is 12.2. The van der Waals surface area contributed by atoms with Gasteiger partial charge in [0.05, 0.1) is 22.9 Å². The lowest BCUT2D eigenvalue weighted by atomic mass is 9.84. The summed E-state index contributed by atoms with van der Waals surface area (Å²) < 4.78 is 38.4. The monoisotopic (exact) mass is 556 g/mol. The van der Waals surface area contributed by atoms with E-state index in [1.54, 1.807) is 26.2 Å². The van der Waals surface area contributed by atoms with Crippen molar-refractivity contribution in [1.29, 1.82) is 0 Å². The fourth-order valence-electron chi connectivity index (χ4n) is 4.33. The molecule has 10 heteroatoms. The highest BCUT2D eigenvalue weighted by Crippen LogP contribution is 2.30. The van der Waals surface area contributed by atoms with E-state index in [2.05, 4.69) is 10.0 Å². The Labute approximate surface area is 223 Å². The molecule has 0 heterocycles. The molecule has 7 nitrogen and oxygen atoms in total. The Balaban J connectivity index is 1.58. The Morgan fingerprint density at radius 1 is 1.03 bits per heavy atom. The van der Waals surface area contributed by atoms with E-state index in [1.165, 1.54) is 0 Å². The van der Waals surface area contributed by atoms with Crippen LogP contribution in [0, 0.1) is 5.92 Å². The third-order valence-electron chi connectivity index (χ3n) is 6.41. The third kappa shape index (κ3) is 8.26. The number of hydrogen-bond donors (Lipinski definition) is 2. The summed E-state index contributed by atoms with van der Waals surface area (Å²) in [6, 6.07) is 10.2. The summed E-state index contributed by atoms with van der Waals surface area (Å²) in [7, 11) is -1.92. The first-order valence-corrected chi connectivity index (χ1v) is 14.6. The minimum Gasteiger partial charge on any atom is -0.493 e. The molecule has 1 unspecified atom stereocenters. The highest BCUT2D eigenvalue weighted by atomic mass is 35.5. The van der Waals surface area contributed by atoms with Gasteiger partial charge in [-0.25, -0.2) is 13.1 Å². The number of methoxy groups -OCH3 is 1. The maximum atomic E-state index is 13.0. The normalized spacial score (nSPS) is 15.3. The van der Waals surface area contributed by atoms with Crippen LogP contribution in [0.3, 0.4) is 0 Å². The molecule has 1 saturated carbocycles. The molecule has 36 heavy (non-hydrogen) atoms.